The van der Waals surface area contributed by atoms with E-state index in [1.807, 2.05) is 41.8 Å². The number of nitrogens with zero attached hydrogens (tertiary/aromatic N) is 5. The standard InChI is InChI=1S/C34H40N8O6S/c1-3-15-36-33(47)37-25-10-8-6-4-5-7-9-22-19-34(22,32(45)46)38-29(43)26-18-23(20-41(26)31(25)44)42-39-27(21-11-13-24(48-2)14-12-21)28(40-42)30-35-16-17-49-30/h3,7,9,11-14,16-17,22-23,25-26H,1,4-6,8,10,15,18-20H2,2H3,(H,38,43)(H,45,46)(H2,36,37,47)/b9-7-/t22-,23+,25-,26-,34+/m0/s1. The largest absolute Gasteiger partial charge is 0.497 e. The van der Waals surface area contributed by atoms with Gasteiger partial charge >= 0.3 is 12.0 Å². The van der Waals surface area contributed by atoms with Crippen molar-refractivity contribution in [2.45, 2.75) is 68.6 Å². The maximum atomic E-state index is 14.3. The number of hydrogen-bond acceptors (Lipinski definition) is 9. The van der Waals surface area contributed by atoms with Gasteiger partial charge in [0.1, 0.15) is 39.8 Å². The second kappa shape index (κ2) is 14.6. The summed E-state index contributed by atoms with van der Waals surface area (Å²) in [6.45, 7) is 3.91. The molecule has 1 aliphatic carbocycles. The number of urea groups is 1. The number of aliphatic carboxylic acids is 1. The van der Waals surface area contributed by atoms with Crippen LogP contribution in [0.25, 0.3) is 22.0 Å². The van der Waals surface area contributed by atoms with Gasteiger partial charge in [0.2, 0.25) is 11.8 Å². The summed E-state index contributed by atoms with van der Waals surface area (Å²) in [5, 5.41) is 30.6. The predicted octanol–water partition coefficient (Wildman–Crippen LogP) is 3.55. The molecule has 14 nitrogen and oxygen atoms in total. The lowest BCUT2D eigenvalue weighted by Crippen LogP contribution is -2.57. The number of carboxylic acid groups (broad SMARTS) is 1. The zero-order valence-corrected chi connectivity index (χ0v) is 28.0. The molecule has 49 heavy (non-hydrogen) atoms. The fourth-order valence-corrected chi connectivity index (χ4v) is 7.15. The normalized spacial score (nSPS) is 26.3. The van der Waals surface area contributed by atoms with Crippen LogP contribution in [0.2, 0.25) is 0 Å². The summed E-state index contributed by atoms with van der Waals surface area (Å²) in [6, 6.07) is 4.41. The third-order valence-corrected chi connectivity index (χ3v) is 10.1. The van der Waals surface area contributed by atoms with Crippen LogP contribution in [-0.4, -0.2) is 91.6 Å². The summed E-state index contributed by atoms with van der Waals surface area (Å²) < 4.78 is 5.32. The Labute approximate surface area is 287 Å². The van der Waals surface area contributed by atoms with E-state index in [0.29, 0.717) is 35.0 Å². The van der Waals surface area contributed by atoms with Crippen LogP contribution < -0.4 is 20.7 Å². The van der Waals surface area contributed by atoms with Crippen molar-refractivity contribution in [3.8, 4) is 27.7 Å². The summed E-state index contributed by atoms with van der Waals surface area (Å²) in [4.78, 5) is 61.0. The number of rotatable bonds is 8. The Hall–Kier alpha value is -5.05. The van der Waals surface area contributed by atoms with Crippen LogP contribution in [-0.2, 0) is 14.4 Å². The molecule has 4 N–H and O–H groups in total. The number of fused-ring (bicyclic) bond motifs is 2. The first-order valence-corrected chi connectivity index (χ1v) is 17.3. The molecule has 2 aromatic heterocycles. The number of carbonyl (C=O) groups is 4. The average molecular weight is 689 g/mol. The molecular weight excluding hydrogens is 648 g/mol. The van der Waals surface area contributed by atoms with Crippen molar-refractivity contribution < 1.29 is 29.0 Å². The molecule has 1 saturated carbocycles. The van der Waals surface area contributed by atoms with E-state index in [1.165, 1.54) is 27.1 Å². The average Bonchev–Trinajstić information content (AvgIpc) is 3.55. The van der Waals surface area contributed by atoms with Gasteiger partial charge in [-0.25, -0.2) is 14.6 Å². The molecule has 3 aromatic rings. The molecule has 2 fully saturated rings. The lowest BCUT2D eigenvalue weighted by Gasteiger charge is -2.29. The second-order valence-corrected chi connectivity index (χ2v) is 13.4. The molecule has 4 amide bonds. The van der Waals surface area contributed by atoms with Gasteiger partial charge in [0.25, 0.3) is 0 Å². The number of carbonyl (C=O) groups excluding carboxylic acids is 3. The minimum absolute atomic E-state index is 0.0703. The number of aromatic nitrogens is 4. The molecule has 0 spiro atoms. The van der Waals surface area contributed by atoms with Crippen LogP contribution in [0.15, 0.2) is 60.6 Å². The Morgan fingerprint density at radius 2 is 1.98 bits per heavy atom. The zero-order valence-electron chi connectivity index (χ0n) is 27.2. The van der Waals surface area contributed by atoms with Crippen molar-refractivity contribution in [1.29, 1.82) is 0 Å². The second-order valence-electron chi connectivity index (χ2n) is 12.5. The summed E-state index contributed by atoms with van der Waals surface area (Å²) in [5.41, 5.74) is 0.474. The van der Waals surface area contributed by atoms with E-state index in [1.54, 1.807) is 13.3 Å². The molecule has 1 aromatic carbocycles. The lowest BCUT2D eigenvalue weighted by molar-refractivity contribution is -0.145. The number of thiazole rings is 1. The van der Waals surface area contributed by atoms with E-state index in [9.17, 15) is 24.3 Å². The van der Waals surface area contributed by atoms with Crippen molar-refractivity contribution in [1.82, 2.24) is 40.8 Å². The highest BCUT2D eigenvalue weighted by Gasteiger charge is 2.61. The lowest BCUT2D eigenvalue weighted by atomic mass is 10.0. The van der Waals surface area contributed by atoms with E-state index in [-0.39, 0.29) is 31.8 Å². The van der Waals surface area contributed by atoms with Crippen molar-refractivity contribution in [3.63, 3.8) is 0 Å². The molecule has 2 aliphatic heterocycles. The van der Waals surface area contributed by atoms with Gasteiger partial charge in [-0.3, -0.25) is 9.59 Å². The maximum absolute atomic E-state index is 14.3. The smallest absolute Gasteiger partial charge is 0.330 e. The number of ether oxygens (including phenoxy) is 1. The van der Waals surface area contributed by atoms with Crippen molar-refractivity contribution in [2.24, 2.45) is 5.92 Å². The topological polar surface area (TPSA) is 181 Å². The van der Waals surface area contributed by atoms with Crippen molar-refractivity contribution in [3.05, 3.63) is 60.6 Å². The predicted molar refractivity (Wildman–Crippen MR) is 182 cm³/mol. The van der Waals surface area contributed by atoms with Crippen LogP contribution in [0.5, 0.6) is 5.75 Å². The number of nitrogens with one attached hydrogen (secondary N) is 3. The Kier molecular flexibility index (Phi) is 10.1. The Bertz CT molecular complexity index is 1720. The number of carboxylic acids is 1. The van der Waals surface area contributed by atoms with Gasteiger partial charge in [-0.05, 0) is 49.9 Å². The van der Waals surface area contributed by atoms with E-state index < -0.39 is 47.5 Å². The molecule has 1 saturated heterocycles. The van der Waals surface area contributed by atoms with Gasteiger partial charge < -0.3 is 30.7 Å². The van der Waals surface area contributed by atoms with Gasteiger partial charge in [0, 0.05) is 42.6 Å². The summed E-state index contributed by atoms with van der Waals surface area (Å²) in [5.74, 6) is -1.77. The van der Waals surface area contributed by atoms with Gasteiger partial charge in [0.05, 0.1) is 13.2 Å². The molecule has 6 rings (SSSR count). The van der Waals surface area contributed by atoms with E-state index in [4.69, 9.17) is 14.9 Å². The third kappa shape index (κ3) is 7.21. The highest BCUT2D eigenvalue weighted by molar-refractivity contribution is 7.13. The van der Waals surface area contributed by atoms with E-state index >= 15 is 0 Å². The summed E-state index contributed by atoms with van der Waals surface area (Å²) in [6.07, 6.45) is 10.9. The molecule has 3 aliphatic rings. The highest BCUT2D eigenvalue weighted by Crippen LogP contribution is 2.45. The highest BCUT2D eigenvalue weighted by atomic mass is 32.1. The molecule has 258 valence electrons. The van der Waals surface area contributed by atoms with Gasteiger partial charge in [-0.15, -0.1) is 23.0 Å². The molecule has 0 unspecified atom stereocenters. The number of amides is 4. The SMILES string of the molecule is C=CCNC(=O)N[C@H]1CCCCC/C=C\[C@H]2C[C@@]2(C(=O)O)NC(=O)[C@@H]2C[C@@H](n3nc(-c4ccc(OC)cc4)c(-c4nccs4)n3)CN2C1=O. The number of hydrogen-bond donors (Lipinski definition) is 4. The Morgan fingerprint density at radius 1 is 1.18 bits per heavy atom. The van der Waals surface area contributed by atoms with Crippen LogP contribution in [0.3, 0.4) is 0 Å². The van der Waals surface area contributed by atoms with Crippen LogP contribution in [0.1, 0.15) is 51.0 Å². The van der Waals surface area contributed by atoms with Crippen LogP contribution >= 0.6 is 11.3 Å². The Morgan fingerprint density at radius 3 is 2.69 bits per heavy atom. The van der Waals surface area contributed by atoms with E-state index in [2.05, 4.69) is 27.5 Å². The first kappa shape index (κ1) is 33.8. The molecule has 0 bridgehead atoms. The van der Waals surface area contributed by atoms with E-state index in [0.717, 1.165) is 24.8 Å². The van der Waals surface area contributed by atoms with Crippen molar-refractivity contribution in [2.75, 3.05) is 20.2 Å². The summed E-state index contributed by atoms with van der Waals surface area (Å²) >= 11 is 1.41. The van der Waals surface area contributed by atoms with Gasteiger partial charge in [-0.2, -0.15) is 9.90 Å². The fraction of sp³-hybridized carbons (Fsp3) is 0.441. The number of benzene rings is 1. The monoisotopic (exact) mass is 688 g/mol. The molecule has 15 heteroatoms. The minimum atomic E-state index is -1.44. The molecule has 5 atom stereocenters. The fourth-order valence-electron chi connectivity index (χ4n) is 6.53. The Balaban J connectivity index is 1.35. The van der Waals surface area contributed by atoms with Crippen molar-refractivity contribution >= 4 is 35.2 Å². The number of methoxy groups -OCH3 is 1. The van der Waals surface area contributed by atoms with Crippen LogP contribution in [0, 0.1) is 5.92 Å². The quantitative estimate of drug-likeness (QED) is 0.258. The molecule has 4 heterocycles. The van der Waals surface area contributed by atoms with Gasteiger partial charge in [-0.1, -0.05) is 31.1 Å². The molecular formula is C34H40N8O6S. The first-order chi connectivity index (χ1) is 23.7. The molecule has 0 radical (unpaired) electrons. The maximum Gasteiger partial charge on any atom is 0.330 e. The zero-order chi connectivity index (χ0) is 34.5. The van der Waals surface area contributed by atoms with Gasteiger partial charge in [0.15, 0.2) is 0 Å². The minimum Gasteiger partial charge on any atom is -0.497 e. The van der Waals surface area contributed by atoms with Crippen LogP contribution in [0.4, 0.5) is 4.79 Å². The third-order valence-electron chi connectivity index (χ3n) is 9.30. The summed E-state index contributed by atoms with van der Waals surface area (Å²) in [7, 11) is 1.59. The first-order valence-electron chi connectivity index (χ1n) is 16.4. The number of allylic oxidation sites excluding steroid dienone is 1.